The van der Waals surface area contributed by atoms with Crippen molar-refractivity contribution in [2.24, 2.45) is 0 Å². The first-order valence-electron chi connectivity index (χ1n) is 11.1. The van der Waals surface area contributed by atoms with Gasteiger partial charge in [0.25, 0.3) is 0 Å². The molecule has 7 aromatic rings. The Bertz CT molecular complexity index is 1780. The van der Waals surface area contributed by atoms with Crippen molar-refractivity contribution >= 4 is 53.9 Å². The van der Waals surface area contributed by atoms with Gasteiger partial charge in [-0.1, -0.05) is 115 Å². The average molecular weight is 405 g/mol. The van der Waals surface area contributed by atoms with Crippen LogP contribution < -0.4 is 0 Å². The zero-order valence-electron chi connectivity index (χ0n) is 17.5. The summed E-state index contributed by atoms with van der Waals surface area (Å²) in [4.78, 5) is 0. The van der Waals surface area contributed by atoms with E-state index in [1.165, 1.54) is 65.0 Å². The number of rotatable bonds is 1. The van der Waals surface area contributed by atoms with Crippen molar-refractivity contribution in [2.45, 2.75) is 0 Å². The van der Waals surface area contributed by atoms with Crippen LogP contribution in [-0.2, 0) is 0 Å². The minimum atomic E-state index is 1.28. The Morgan fingerprint density at radius 2 is 0.719 bits per heavy atom. The number of fused-ring (bicyclic) bond motifs is 9. The molecule has 0 aliphatic carbocycles. The third-order valence-electron chi connectivity index (χ3n) is 6.83. The molecule has 0 heterocycles. The fourth-order valence-electron chi connectivity index (χ4n) is 5.46. The molecule has 0 saturated carbocycles. The lowest BCUT2D eigenvalue weighted by atomic mass is 9.87. The van der Waals surface area contributed by atoms with Gasteiger partial charge >= 0.3 is 0 Å². The maximum atomic E-state index is 2.37. The van der Waals surface area contributed by atoms with Crippen LogP contribution >= 0.6 is 0 Å². The third kappa shape index (κ3) is 2.38. The van der Waals surface area contributed by atoms with Gasteiger partial charge in [-0.15, -0.1) is 0 Å². The van der Waals surface area contributed by atoms with Crippen LogP contribution in [-0.4, -0.2) is 0 Å². The van der Waals surface area contributed by atoms with E-state index in [9.17, 15) is 0 Å². The molecule has 0 saturated heterocycles. The van der Waals surface area contributed by atoms with Gasteiger partial charge in [0, 0.05) is 0 Å². The van der Waals surface area contributed by atoms with Gasteiger partial charge in [-0.25, -0.2) is 0 Å². The topological polar surface area (TPSA) is 0 Å². The van der Waals surface area contributed by atoms with E-state index in [0.29, 0.717) is 0 Å². The van der Waals surface area contributed by atoms with Gasteiger partial charge in [0.1, 0.15) is 0 Å². The van der Waals surface area contributed by atoms with Crippen LogP contribution in [0.4, 0.5) is 0 Å². The van der Waals surface area contributed by atoms with Crippen molar-refractivity contribution in [3.8, 4) is 11.1 Å². The minimum Gasteiger partial charge on any atom is -0.0616 e. The Morgan fingerprint density at radius 1 is 0.281 bits per heavy atom. The Kier molecular flexibility index (Phi) is 3.65. The smallest absolute Gasteiger partial charge is 0.00201 e. The molecule has 148 valence electrons. The summed E-state index contributed by atoms with van der Waals surface area (Å²) in [7, 11) is 0. The van der Waals surface area contributed by atoms with Gasteiger partial charge in [0.15, 0.2) is 0 Å². The standard InChI is InChI=1S/C32H20/c1-2-11-22-21(10-1)20-31(27-16-6-3-12-23(22)27)30-19-9-18-29-26-14-5-4-13-24(26)25-15-7-8-17-28(25)32(29)30/h1-20H. The second kappa shape index (κ2) is 6.67. The predicted octanol–water partition coefficient (Wildman–Crippen LogP) is 9.12. The number of benzene rings is 7. The van der Waals surface area contributed by atoms with Gasteiger partial charge in [0.05, 0.1) is 0 Å². The summed E-state index contributed by atoms with van der Waals surface area (Å²) in [5, 5.41) is 13.1. The van der Waals surface area contributed by atoms with Crippen molar-refractivity contribution in [3.05, 3.63) is 121 Å². The lowest BCUT2D eigenvalue weighted by Gasteiger charge is -2.16. The molecule has 7 rings (SSSR count). The fraction of sp³-hybridized carbons (Fsp3) is 0. The van der Waals surface area contributed by atoms with E-state index in [-0.39, 0.29) is 0 Å². The molecule has 0 bridgehead atoms. The molecular weight excluding hydrogens is 384 g/mol. The van der Waals surface area contributed by atoms with Crippen LogP contribution in [0.25, 0.3) is 65.0 Å². The quantitative estimate of drug-likeness (QED) is 0.239. The van der Waals surface area contributed by atoms with Gasteiger partial charge < -0.3 is 0 Å². The molecule has 0 N–H and O–H groups in total. The Balaban J connectivity index is 1.74. The van der Waals surface area contributed by atoms with Crippen LogP contribution in [0, 0.1) is 0 Å². The molecule has 0 radical (unpaired) electrons. The van der Waals surface area contributed by atoms with Crippen molar-refractivity contribution in [1.29, 1.82) is 0 Å². The zero-order chi connectivity index (χ0) is 21.1. The van der Waals surface area contributed by atoms with Crippen molar-refractivity contribution in [1.82, 2.24) is 0 Å². The monoisotopic (exact) mass is 404 g/mol. The predicted molar refractivity (Wildman–Crippen MR) is 139 cm³/mol. The Morgan fingerprint density at radius 3 is 1.38 bits per heavy atom. The van der Waals surface area contributed by atoms with E-state index < -0.39 is 0 Å². The van der Waals surface area contributed by atoms with E-state index >= 15 is 0 Å². The first-order valence-corrected chi connectivity index (χ1v) is 11.1. The highest BCUT2D eigenvalue weighted by Crippen LogP contribution is 2.43. The first-order chi connectivity index (χ1) is 15.9. The first kappa shape index (κ1) is 17.5. The summed E-state index contributed by atoms with van der Waals surface area (Å²) < 4.78 is 0. The molecule has 0 aliphatic heterocycles. The van der Waals surface area contributed by atoms with Gasteiger partial charge in [-0.2, -0.15) is 0 Å². The number of hydrogen-bond acceptors (Lipinski definition) is 0. The Hall–Kier alpha value is -4.16. The summed E-state index contributed by atoms with van der Waals surface area (Å²) in [5.41, 5.74) is 2.59. The van der Waals surface area contributed by atoms with Gasteiger partial charge in [-0.3, -0.25) is 0 Å². The molecule has 0 amide bonds. The van der Waals surface area contributed by atoms with E-state index in [4.69, 9.17) is 0 Å². The molecule has 0 fully saturated rings. The molecule has 0 aromatic heterocycles. The van der Waals surface area contributed by atoms with Crippen LogP contribution in [0.5, 0.6) is 0 Å². The van der Waals surface area contributed by atoms with Crippen molar-refractivity contribution < 1.29 is 0 Å². The van der Waals surface area contributed by atoms with E-state index in [0.717, 1.165) is 0 Å². The van der Waals surface area contributed by atoms with Crippen LogP contribution in [0.15, 0.2) is 121 Å². The molecule has 0 heteroatoms. The largest absolute Gasteiger partial charge is 0.0616 e. The summed E-state index contributed by atoms with van der Waals surface area (Å²) in [6.07, 6.45) is 0. The van der Waals surface area contributed by atoms with Crippen molar-refractivity contribution in [2.75, 3.05) is 0 Å². The second-order valence-electron chi connectivity index (χ2n) is 8.51. The van der Waals surface area contributed by atoms with Crippen LogP contribution in [0.3, 0.4) is 0 Å². The molecule has 7 aromatic carbocycles. The van der Waals surface area contributed by atoms with Crippen molar-refractivity contribution in [3.63, 3.8) is 0 Å². The maximum absolute atomic E-state index is 2.37. The highest BCUT2D eigenvalue weighted by atomic mass is 14.2. The third-order valence-corrected chi connectivity index (χ3v) is 6.83. The molecule has 0 atom stereocenters. The molecule has 0 nitrogen and oxygen atoms in total. The summed E-state index contributed by atoms with van der Waals surface area (Å²) in [6.45, 7) is 0. The normalized spacial score (nSPS) is 11.8. The molecule has 0 spiro atoms. The number of hydrogen-bond donors (Lipinski definition) is 0. The van der Waals surface area contributed by atoms with Crippen LogP contribution in [0.2, 0.25) is 0 Å². The highest BCUT2D eigenvalue weighted by molar-refractivity contribution is 6.29. The molecule has 32 heavy (non-hydrogen) atoms. The van der Waals surface area contributed by atoms with E-state index in [1.807, 2.05) is 0 Å². The average Bonchev–Trinajstić information content (AvgIpc) is 2.88. The zero-order valence-corrected chi connectivity index (χ0v) is 17.5. The second-order valence-corrected chi connectivity index (χ2v) is 8.51. The van der Waals surface area contributed by atoms with Gasteiger partial charge in [0.2, 0.25) is 0 Å². The van der Waals surface area contributed by atoms with E-state index in [2.05, 4.69) is 121 Å². The molecule has 0 unspecified atom stereocenters. The SMILES string of the molecule is c1ccc2c(c1)cc(-c1cccc3c4ccccc4c4ccccc4c13)c1ccccc12. The minimum absolute atomic E-state index is 1.28. The summed E-state index contributed by atoms with van der Waals surface area (Å²) in [6, 6.07) is 44.3. The van der Waals surface area contributed by atoms with E-state index in [1.54, 1.807) is 0 Å². The summed E-state index contributed by atoms with van der Waals surface area (Å²) >= 11 is 0. The molecule has 0 aliphatic rings. The summed E-state index contributed by atoms with van der Waals surface area (Å²) in [5.74, 6) is 0. The maximum Gasteiger partial charge on any atom is -0.00201 e. The van der Waals surface area contributed by atoms with Gasteiger partial charge in [-0.05, 0) is 71.1 Å². The lowest BCUT2D eigenvalue weighted by molar-refractivity contribution is 1.72. The Labute approximate surface area is 186 Å². The lowest BCUT2D eigenvalue weighted by Crippen LogP contribution is -1.89. The molecular formula is C32H20. The highest BCUT2D eigenvalue weighted by Gasteiger charge is 2.15. The fourth-order valence-corrected chi connectivity index (χ4v) is 5.46. The van der Waals surface area contributed by atoms with Crippen LogP contribution in [0.1, 0.15) is 0 Å².